The molecule has 3 aliphatic rings. The molecule has 2 bridgehead atoms. The molecule has 3 fully saturated rings. The first kappa shape index (κ1) is 22.0. The Morgan fingerprint density at radius 1 is 1.39 bits per heavy atom. The average Bonchev–Trinajstić information content (AvgIpc) is 2.80. The van der Waals surface area contributed by atoms with E-state index >= 15 is 0 Å². The highest BCUT2D eigenvalue weighted by molar-refractivity contribution is 7.80. The fraction of sp³-hybridized carbons (Fsp3) is 0.520. The smallest absolute Gasteiger partial charge is 0.166 e. The molecule has 3 saturated heterocycles. The van der Waals surface area contributed by atoms with Crippen LogP contribution in [-0.4, -0.2) is 47.8 Å². The quantitative estimate of drug-likeness (QED) is 0.497. The third kappa shape index (κ3) is 4.70. The van der Waals surface area contributed by atoms with Crippen molar-refractivity contribution in [2.45, 2.75) is 38.8 Å². The number of hydrogen-bond donors (Lipinski definition) is 2. The molecule has 2 N–H and O–H groups in total. The van der Waals surface area contributed by atoms with E-state index in [1.807, 2.05) is 18.3 Å². The minimum atomic E-state index is 0.0818. The van der Waals surface area contributed by atoms with E-state index in [0.29, 0.717) is 23.8 Å². The minimum absolute atomic E-state index is 0.0818. The molecule has 1 aromatic heterocycles. The molecule has 5 nitrogen and oxygen atoms in total. The maximum absolute atomic E-state index is 5.72. The first-order valence-electron chi connectivity index (χ1n) is 11.3. The average molecular weight is 439 g/mol. The molecule has 0 amide bonds. The third-order valence-corrected chi connectivity index (χ3v) is 7.08. The summed E-state index contributed by atoms with van der Waals surface area (Å²) in [6.45, 7) is 11.5. The number of hydrogen-bond acceptors (Lipinski definition) is 4. The summed E-state index contributed by atoms with van der Waals surface area (Å²) in [5, 5.41) is 8.93. The van der Waals surface area contributed by atoms with Crippen molar-refractivity contribution in [2.75, 3.05) is 26.7 Å². The first-order chi connectivity index (χ1) is 15.0. The van der Waals surface area contributed by atoms with Crippen molar-refractivity contribution in [1.82, 2.24) is 20.5 Å². The fourth-order valence-corrected chi connectivity index (χ4v) is 5.35. The number of nitrogens with zero attached hydrogens (tertiary/aromatic N) is 2. The van der Waals surface area contributed by atoms with E-state index in [4.69, 9.17) is 17.0 Å². The molecule has 0 saturated carbocycles. The predicted molar refractivity (Wildman–Crippen MR) is 131 cm³/mol. The predicted octanol–water partition coefficient (Wildman–Crippen LogP) is 4.30. The summed E-state index contributed by atoms with van der Waals surface area (Å²) in [7, 11) is 1.71. The molecule has 0 aliphatic carbocycles. The van der Waals surface area contributed by atoms with Crippen molar-refractivity contribution in [1.29, 1.82) is 0 Å². The van der Waals surface area contributed by atoms with Gasteiger partial charge in [0.2, 0.25) is 0 Å². The standard InChI is InChI=1S/C25H34N4OS/c1-5-17-15-29-11-9-18(17)12-23(29)24(28-25(31)27-14-16(2)3)20-8-10-26-22-7-6-19(30-4)13-21(20)22/h5-8,10,13,16-18,23-24H,1,9,11-12,14-15H2,2-4H3,(H2,27,28,31)/t17?,18?,23?,24-/m0/s1. The van der Waals surface area contributed by atoms with E-state index in [1.165, 1.54) is 12.0 Å². The lowest BCUT2D eigenvalue weighted by atomic mass is 9.73. The van der Waals surface area contributed by atoms with Gasteiger partial charge in [-0.25, -0.2) is 0 Å². The monoisotopic (exact) mass is 438 g/mol. The van der Waals surface area contributed by atoms with Crippen LogP contribution >= 0.6 is 12.2 Å². The van der Waals surface area contributed by atoms with Crippen LogP contribution in [0.25, 0.3) is 10.9 Å². The zero-order chi connectivity index (χ0) is 22.0. The lowest BCUT2D eigenvalue weighted by molar-refractivity contribution is 0.00429. The molecule has 4 unspecified atom stereocenters. The van der Waals surface area contributed by atoms with Gasteiger partial charge < -0.3 is 15.4 Å². The number of piperidine rings is 3. The Morgan fingerprint density at radius 3 is 2.90 bits per heavy atom. The van der Waals surface area contributed by atoms with Gasteiger partial charge in [-0.2, -0.15) is 0 Å². The van der Waals surface area contributed by atoms with E-state index in [2.05, 4.69) is 59.2 Å². The van der Waals surface area contributed by atoms with Crippen LogP contribution in [0, 0.1) is 17.8 Å². The SMILES string of the molecule is C=CC1CN2CCC1CC2[C@@H](NC(=S)NCC(C)C)c1ccnc2ccc(OC)cc12. The zero-order valence-electron chi connectivity index (χ0n) is 18.8. The van der Waals surface area contributed by atoms with E-state index in [0.717, 1.165) is 47.8 Å². The molecular formula is C25H34N4OS. The molecular weight excluding hydrogens is 404 g/mol. The Kier molecular flexibility index (Phi) is 6.77. The van der Waals surface area contributed by atoms with Crippen LogP contribution in [0.15, 0.2) is 43.1 Å². The number of thiocarbonyl (C=S) groups is 1. The fourth-order valence-electron chi connectivity index (χ4n) is 5.14. The second-order valence-electron chi connectivity index (χ2n) is 9.26. The van der Waals surface area contributed by atoms with Crippen LogP contribution in [0.5, 0.6) is 5.75 Å². The van der Waals surface area contributed by atoms with Gasteiger partial charge in [-0.05, 0) is 79.2 Å². The van der Waals surface area contributed by atoms with Crippen LogP contribution in [0.1, 0.15) is 38.3 Å². The van der Waals surface area contributed by atoms with Crippen molar-refractivity contribution in [2.24, 2.45) is 17.8 Å². The minimum Gasteiger partial charge on any atom is -0.497 e. The highest BCUT2D eigenvalue weighted by Gasteiger charge is 2.43. The number of nitrogens with one attached hydrogen (secondary N) is 2. The number of ether oxygens (including phenoxy) is 1. The van der Waals surface area contributed by atoms with Crippen LogP contribution in [0.2, 0.25) is 0 Å². The van der Waals surface area contributed by atoms with Crippen LogP contribution in [0.4, 0.5) is 0 Å². The van der Waals surface area contributed by atoms with Gasteiger partial charge in [0.25, 0.3) is 0 Å². The van der Waals surface area contributed by atoms with Crippen molar-refractivity contribution < 1.29 is 4.74 Å². The maximum Gasteiger partial charge on any atom is 0.166 e. The summed E-state index contributed by atoms with van der Waals surface area (Å²) >= 11 is 5.72. The van der Waals surface area contributed by atoms with Gasteiger partial charge in [0.1, 0.15) is 5.75 Å². The van der Waals surface area contributed by atoms with Crippen LogP contribution in [-0.2, 0) is 0 Å². The molecule has 4 heterocycles. The Hall–Kier alpha value is -2.18. The second kappa shape index (κ2) is 9.53. The number of rotatable bonds is 7. The van der Waals surface area contributed by atoms with Crippen LogP contribution < -0.4 is 15.4 Å². The molecule has 5 rings (SSSR count). The molecule has 6 heteroatoms. The second-order valence-corrected chi connectivity index (χ2v) is 9.66. The summed E-state index contributed by atoms with van der Waals surface area (Å²) in [6.07, 6.45) is 6.46. The van der Waals surface area contributed by atoms with Gasteiger partial charge >= 0.3 is 0 Å². The van der Waals surface area contributed by atoms with Gasteiger partial charge in [-0.3, -0.25) is 9.88 Å². The Balaban J connectivity index is 1.70. The van der Waals surface area contributed by atoms with E-state index < -0.39 is 0 Å². The highest BCUT2D eigenvalue weighted by Crippen LogP contribution is 2.42. The van der Waals surface area contributed by atoms with E-state index in [1.54, 1.807) is 7.11 Å². The van der Waals surface area contributed by atoms with Gasteiger partial charge in [0.15, 0.2) is 5.11 Å². The lowest BCUT2D eigenvalue weighted by Gasteiger charge is -2.52. The summed E-state index contributed by atoms with van der Waals surface area (Å²) in [5.74, 6) is 2.66. The normalized spacial score (nSPS) is 25.9. The molecule has 166 valence electrons. The first-order valence-corrected chi connectivity index (χ1v) is 11.7. The van der Waals surface area contributed by atoms with Gasteiger partial charge in [0, 0.05) is 30.7 Å². The Labute approximate surface area is 191 Å². The lowest BCUT2D eigenvalue weighted by Crippen LogP contribution is -2.58. The number of benzene rings is 1. The van der Waals surface area contributed by atoms with Crippen molar-refractivity contribution in [3.8, 4) is 5.75 Å². The maximum atomic E-state index is 5.72. The van der Waals surface area contributed by atoms with Crippen molar-refractivity contribution in [3.63, 3.8) is 0 Å². The van der Waals surface area contributed by atoms with Gasteiger partial charge in [-0.1, -0.05) is 19.9 Å². The van der Waals surface area contributed by atoms with Crippen LogP contribution in [0.3, 0.4) is 0 Å². The van der Waals surface area contributed by atoms with Crippen molar-refractivity contribution >= 4 is 28.2 Å². The van der Waals surface area contributed by atoms with Gasteiger partial charge in [-0.15, -0.1) is 6.58 Å². The van der Waals surface area contributed by atoms with Gasteiger partial charge in [0.05, 0.1) is 18.7 Å². The van der Waals surface area contributed by atoms with Crippen molar-refractivity contribution in [3.05, 3.63) is 48.7 Å². The Morgan fingerprint density at radius 2 is 2.23 bits per heavy atom. The van der Waals surface area contributed by atoms with E-state index in [9.17, 15) is 0 Å². The zero-order valence-corrected chi connectivity index (χ0v) is 19.6. The number of fused-ring (bicyclic) bond motifs is 4. The topological polar surface area (TPSA) is 49.4 Å². The summed E-state index contributed by atoms with van der Waals surface area (Å²) in [4.78, 5) is 7.22. The summed E-state index contributed by atoms with van der Waals surface area (Å²) in [5.41, 5.74) is 2.20. The molecule has 3 aliphatic heterocycles. The molecule has 1 aromatic carbocycles. The molecule has 2 aromatic rings. The molecule has 31 heavy (non-hydrogen) atoms. The molecule has 5 atom stereocenters. The molecule has 0 radical (unpaired) electrons. The highest BCUT2D eigenvalue weighted by atomic mass is 32.1. The third-order valence-electron chi connectivity index (χ3n) is 6.81. The molecule has 0 spiro atoms. The number of pyridine rings is 1. The summed E-state index contributed by atoms with van der Waals surface area (Å²) < 4.78 is 5.52. The number of methoxy groups -OCH3 is 1. The Bertz CT molecular complexity index is 946. The van der Waals surface area contributed by atoms with E-state index in [-0.39, 0.29) is 6.04 Å². The largest absolute Gasteiger partial charge is 0.497 e. The number of aromatic nitrogens is 1. The summed E-state index contributed by atoms with van der Waals surface area (Å²) in [6, 6.07) is 8.70.